The Bertz CT molecular complexity index is 980. The monoisotopic (exact) mass is 399 g/mol. The molecule has 0 N–H and O–H groups in total. The number of nitrogens with zero attached hydrogens (tertiary/aromatic N) is 3. The van der Waals surface area contributed by atoms with Crippen molar-refractivity contribution in [3.63, 3.8) is 0 Å². The largest absolute Gasteiger partial charge is 0.274 e. The Balaban J connectivity index is 1.58. The molecular formula is C21H19ClFN3O2. The first-order valence-corrected chi connectivity index (χ1v) is 9.78. The molecule has 3 aliphatic heterocycles. The van der Waals surface area contributed by atoms with Gasteiger partial charge >= 0.3 is 0 Å². The van der Waals surface area contributed by atoms with E-state index < -0.39 is 17.8 Å². The van der Waals surface area contributed by atoms with Crippen molar-refractivity contribution in [2.24, 2.45) is 5.92 Å². The summed E-state index contributed by atoms with van der Waals surface area (Å²) in [7, 11) is 0. The van der Waals surface area contributed by atoms with Crippen LogP contribution in [0.1, 0.15) is 23.6 Å². The van der Waals surface area contributed by atoms with Crippen molar-refractivity contribution in [1.29, 1.82) is 0 Å². The van der Waals surface area contributed by atoms with Gasteiger partial charge in [-0.2, -0.15) is 0 Å². The molecule has 28 heavy (non-hydrogen) atoms. The second-order valence-electron chi connectivity index (χ2n) is 7.62. The van der Waals surface area contributed by atoms with Crippen LogP contribution >= 0.6 is 11.6 Å². The third kappa shape index (κ3) is 2.45. The summed E-state index contributed by atoms with van der Waals surface area (Å²) < 4.78 is 14.0. The Morgan fingerprint density at radius 1 is 0.964 bits per heavy atom. The van der Waals surface area contributed by atoms with Gasteiger partial charge in [0.1, 0.15) is 11.9 Å². The van der Waals surface area contributed by atoms with Gasteiger partial charge < -0.3 is 0 Å². The van der Waals surface area contributed by atoms with Crippen molar-refractivity contribution in [3.8, 4) is 0 Å². The van der Waals surface area contributed by atoms with E-state index in [0.717, 1.165) is 41.6 Å². The summed E-state index contributed by atoms with van der Waals surface area (Å²) in [4.78, 5) is 27.8. The first-order valence-electron chi connectivity index (χ1n) is 9.40. The number of benzene rings is 2. The highest BCUT2D eigenvalue weighted by Gasteiger charge is 2.62. The number of anilines is 1. The minimum atomic E-state index is -0.644. The van der Waals surface area contributed by atoms with Crippen LogP contribution in [-0.4, -0.2) is 41.0 Å². The summed E-state index contributed by atoms with van der Waals surface area (Å²) in [6, 6.07) is 11.4. The van der Waals surface area contributed by atoms with E-state index in [9.17, 15) is 14.0 Å². The highest BCUT2D eigenvalue weighted by atomic mass is 35.5. The maximum Gasteiger partial charge on any atom is 0.253 e. The molecule has 5 rings (SSSR count). The maximum absolute atomic E-state index is 14.0. The molecule has 7 heteroatoms. The standard InChI is InChI=1S/C21H19ClFN3O2/c1-12-3-5-13(6-4-12)18-17-19(25-10-2-9-24(18)25)21(28)26(20(17)27)14-7-8-15(22)16(23)11-14/h3-8,11,17-19H,2,9-10H2,1H3/t17-,18-,19+/m1/s1. The Hall–Kier alpha value is -2.28. The molecule has 0 aromatic heterocycles. The molecule has 0 spiro atoms. The average molecular weight is 400 g/mol. The van der Waals surface area contributed by atoms with Crippen molar-refractivity contribution < 1.29 is 14.0 Å². The van der Waals surface area contributed by atoms with E-state index in [4.69, 9.17) is 11.6 Å². The molecule has 3 heterocycles. The summed E-state index contributed by atoms with van der Waals surface area (Å²) in [6.45, 7) is 3.58. The predicted molar refractivity (Wildman–Crippen MR) is 103 cm³/mol. The predicted octanol–water partition coefficient (Wildman–Crippen LogP) is 3.32. The topological polar surface area (TPSA) is 43.9 Å². The molecule has 3 atom stereocenters. The number of hydrazine groups is 1. The SMILES string of the molecule is Cc1ccc([C@@H]2[C@H]3C(=O)N(c4ccc(Cl)c(F)c4)C(=O)[C@H]3N3CCCN23)cc1. The van der Waals surface area contributed by atoms with Crippen LogP contribution in [0, 0.1) is 18.7 Å². The molecule has 0 aliphatic carbocycles. The zero-order valence-electron chi connectivity index (χ0n) is 15.3. The fraction of sp³-hybridized carbons (Fsp3) is 0.333. The molecule has 0 radical (unpaired) electrons. The molecule has 3 aliphatic rings. The third-order valence-electron chi connectivity index (χ3n) is 5.99. The third-order valence-corrected chi connectivity index (χ3v) is 6.29. The molecule has 3 saturated heterocycles. The lowest BCUT2D eigenvalue weighted by Gasteiger charge is -2.29. The molecule has 144 valence electrons. The molecule has 0 unspecified atom stereocenters. The minimum absolute atomic E-state index is 0.0358. The van der Waals surface area contributed by atoms with Gasteiger partial charge in [-0.1, -0.05) is 41.4 Å². The van der Waals surface area contributed by atoms with E-state index >= 15 is 0 Å². The van der Waals surface area contributed by atoms with Gasteiger partial charge in [0.05, 0.1) is 22.7 Å². The number of hydrogen-bond acceptors (Lipinski definition) is 4. The van der Waals surface area contributed by atoms with Gasteiger partial charge in [-0.3, -0.25) is 9.59 Å². The van der Waals surface area contributed by atoms with Crippen LogP contribution in [-0.2, 0) is 9.59 Å². The van der Waals surface area contributed by atoms with Crippen molar-refractivity contribution in [3.05, 3.63) is 64.4 Å². The molecule has 0 bridgehead atoms. The molecule has 2 amide bonds. The Morgan fingerprint density at radius 3 is 2.32 bits per heavy atom. The van der Waals surface area contributed by atoms with Crippen LogP contribution in [0.3, 0.4) is 0 Å². The smallest absolute Gasteiger partial charge is 0.253 e. The summed E-state index contributed by atoms with van der Waals surface area (Å²) in [5.41, 5.74) is 2.40. The maximum atomic E-state index is 14.0. The highest BCUT2D eigenvalue weighted by molar-refractivity contribution is 6.31. The first kappa shape index (κ1) is 17.8. The molecule has 2 aromatic rings. The normalized spacial score (nSPS) is 27.5. The molecule has 3 fully saturated rings. The van der Waals surface area contributed by atoms with Gasteiger partial charge in [-0.05, 0) is 37.1 Å². The van der Waals surface area contributed by atoms with Gasteiger partial charge in [0.15, 0.2) is 0 Å². The van der Waals surface area contributed by atoms with Crippen molar-refractivity contribution >= 4 is 29.1 Å². The number of rotatable bonds is 2. The lowest BCUT2D eigenvalue weighted by atomic mass is 9.89. The zero-order chi connectivity index (χ0) is 19.6. The fourth-order valence-electron chi connectivity index (χ4n) is 4.76. The Labute approximate surface area is 167 Å². The lowest BCUT2D eigenvalue weighted by Crippen LogP contribution is -2.44. The van der Waals surface area contributed by atoms with E-state index in [0.29, 0.717) is 0 Å². The minimum Gasteiger partial charge on any atom is -0.274 e. The van der Waals surface area contributed by atoms with Gasteiger partial charge in [-0.15, -0.1) is 0 Å². The van der Waals surface area contributed by atoms with Crippen molar-refractivity contribution in [1.82, 2.24) is 10.0 Å². The van der Waals surface area contributed by atoms with Crippen LogP contribution in [0.5, 0.6) is 0 Å². The van der Waals surface area contributed by atoms with E-state index in [1.807, 2.05) is 36.2 Å². The summed E-state index contributed by atoms with van der Waals surface area (Å²) in [6.07, 6.45) is 0.947. The molecule has 2 aromatic carbocycles. The number of aryl methyl sites for hydroxylation is 1. The number of carbonyl (C=O) groups excluding carboxylic acids is 2. The fourth-order valence-corrected chi connectivity index (χ4v) is 4.87. The number of halogens is 2. The quantitative estimate of drug-likeness (QED) is 0.727. The summed E-state index contributed by atoms with van der Waals surface area (Å²) >= 11 is 5.77. The number of fused-ring (bicyclic) bond motifs is 3. The first-order chi connectivity index (χ1) is 13.5. The molecule has 5 nitrogen and oxygen atoms in total. The van der Waals surface area contributed by atoms with E-state index in [-0.39, 0.29) is 28.6 Å². The van der Waals surface area contributed by atoms with Gasteiger partial charge in [0, 0.05) is 13.1 Å². The second-order valence-corrected chi connectivity index (χ2v) is 8.02. The average Bonchev–Trinajstić information content (AvgIpc) is 3.31. The Morgan fingerprint density at radius 2 is 1.64 bits per heavy atom. The highest BCUT2D eigenvalue weighted by Crippen LogP contribution is 2.49. The number of amides is 2. The van der Waals surface area contributed by atoms with Crippen LogP contribution in [0.2, 0.25) is 5.02 Å². The van der Waals surface area contributed by atoms with Crippen LogP contribution in [0.15, 0.2) is 42.5 Å². The number of imide groups is 1. The van der Waals surface area contributed by atoms with Gasteiger partial charge in [0.2, 0.25) is 5.91 Å². The lowest BCUT2D eigenvalue weighted by molar-refractivity contribution is -0.126. The van der Waals surface area contributed by atoms with Gasteiger partial charge in [0.25, 0.3) is 5.91 Å². The molecule has 0 saturated carbocycles. The number of hydrogen-bond donors (Lipinski definition) is 0. The van der Waals surface area contributed by atoms with E-state index in [2.05, 4.69) is 5.01 Å². The van der Waals surface area contributed by atoms with Crippen molar-refractivity contribution in [2.75, 3.05) is 18.0 Å². The van der Waals surface area contributed by atoms with E-state index in [1.54, 1.807) is 0 Å². The van der Waals surface area contributed by atoms with Crippen molar-refractivity contribution in [2.45, 2.75) is 25.4 Å². The van der Waals surface area contributed by atoms with Crippen LogP contribution in [0.25, 0.3) is 0 Å². The summed E-state index contributed by atoms with van der Waals surface area (Å²) in [5.74, 6) is -1.72. The number of carbonyl (C=O) groups is 2. The van der Waals surface area contributed by atoms with Crippen LogP contribution < -0.4 is 4.90 Å². The molecular weight excluding hydrogens is 381 g/mol. The second kappa shape index (κ2) is 6.37. The van der Waals surface area contributed by atoms with Gasteiger partial charge in [-0.25, -0.2) is 19.3 Å². The summed E-state index contributed by atoms with van der Waals surface area (Å²) in [5, 5.41) is 4.16. The van der Waals surface area contributed by atoms with E-state index in [1.165, 1.54) is 12.1 Å². The zero-order valence-corrected chi connectivity index (χ0v) is 16.1. The Kier molecular flexibility index (Phi) is 4.05. The van der Waals surface area contributed by atoms with Crippen LogP contribution in [0.4, 0.5) is 10.1 Å².